The summed E-state index contributed by atoms with van der Waals surface area (Å²) < 4.78 is 23.5. The molecule has 2 aliphatic heterocycles. The minimum Gasteiger partial charge on any atom is -0.304 e. The summed E-state index contributed by atoms with van der Waals surface area (Å²) in [5.74, 6) is -0.0838. The van der Waals surface area contributed by atoms with Gasteiger partial charge < -0.3 is 10.2 Å². The van der Waals surface area contributed by atoms with Crippen LogP contribution < -0.4 is 10.2 Å². The first-order valence-electron chi connectivity index (χ1n) is 5.98. The number of carbonyl (C=O) groups excluding carboxylic acids is 1. The Labute approximate surface area is 116 Å². The topological polar surface area (TPSA) is 66.5 Å². The van der Waals surface area contributed by atoms with Gasteiger partial charge in [-0.15, -0.1) is 0 Å². The van der Waals surface area contributed by atoms with Gasteiger partial charge in [0.2, 0.25) is 5.91 Å². The molecule has 2 heterocycles. The fraction of sp³-hybridized carbons (Fsp3) is 0.417. The van der Waals surface area contributed by atoms with E-state index in [1.165, 1.54) is 4.90 Å². The Bertz CT molecular complexity index is 632. The third-order valence-corrected chi connectivity index (χ3v) is 5.59. The summed E-state index contributed by atoms with van der Waals surface area (Å²) in [6.45, 7) is 0.141. The first kappa shape index (κ1) is 12.9. The number of para-hydroxylation sites is 1. The molecule has 0 saturated carbocycles. The van der Waals surface area contributed by atoms with E-state index in [1.54, 1.807) is 24.3 Å². The Kier molecular flexibility index (Phi) is 3.03. The molecule has 0 spiro atoms. The van der Waals surface area contributed by atoms with Crippen molar-refractivity contribution in [1.82, 2.24) is 5.32 Å². The molecule has 1 aromatic rings. The Balaban J connectivity index is 2.03. The van der Waals surface area contributed by atoms with Crippen LogP contribution in [0, 0.1) is 0 Å². The molecule has 0 bridgehead atoms. The molecule has 3 rings (SSSR count). The van der Waals surface area contributed by atoms with Gasteiger partial charge in [-0.1, -0.05) is 23.7 Å². The van der Waals surface area contributed by atoms with Crippen molar-refractivity contribution < 1.29 is 13.2 Å². The van der Waals surface area contributed by atoms with Gasteiger partial charge in [-0.2, -0.15) is 0 Å². The lowest BCUT2D eigenvalue weighted by Crippen LogP contribution is -2.60. The second kappa shape index (κ2) is 4.47. The lowest BCUT2D eigenvalue weighted by atomic mass is 10.1. The highest BCUT2D eigenvalue weighted by Gasteiger charge is 2.46. The molecule has 7 heteroatoms. The van der Waals surface area contributed by atoms with Crippen LogP contribution in [0.1, 0.15) is 0 Å². The Morgan fingerprint density at radius 3 is 2.74 bits per heavy atom. The number of sulfone groups is 1. The lowest BCUT2D eigenvalue weighted by molar-refractivity contribution is -0.119. The number of nitrogens with zero attached hydrogens (tertiary/aromatic N) is 1. The Hall–Kier alpha value is -1.11. The second-order valence-corrected chi connectivity index (χ2v) is 7.41. The van der Waals surface area contributed by atoms with Crippen LogP contribution in [-0.2, 0) is 14.6 Å². The van der Waals surface area contributed by atoms with Crippen molar-refractivity contribution in [2.75, 3.05) is 23.0 Å². The van der Waals surface area contributed by atoms with Crippen LogP contribution in [0.15, 0.2) is 24.3 Å². The zero-order valence-electron chi connectivity index (χ0n) is 10.0. The average molecular weight is 301 g/mol. The maximum atomic E-state index is 12.1. The van der Waals surface area contributed by atoms with Crippen LogP contribution in [0.25, 0.3) is 0 Å². The van der Waals surface area contributed by atoms with Gasteiger partial charge in [-0.05, 0) is 12.1 Å². The average Bonchev–Trinajstić information content (AvgIpc) is 2.65. The molecule has 19 heavy (non-hydrogen) atoms. The van der Waals surface area contributed by atoms with Crippen LogP contribution in [-0.4, -0.2) is 44.5 Å². The molecule has 5 nitrogen and oxygen atoms in total. The van der Waals surface area contributed by atoms with Gasteiger partial charge in [0.1, 0.15) is 0 Å². The second-order valence-electron chi connectivity index (χ2n) is 4.85. The van der Waals surface area contributed by atoms with Gasteiger partial charge in [0, 0.05) is 6.04 Å². The fourth-order valence-corrected chi connectivity index (χ4v) is 4.88. The molecule has 0 radical (unpaired) electrons. The molecule has 1 aromatic carbocycles. The number of fused-ring (bicyclic) bond motifs is 1. The van der Waals surface area contributed by atoms with Crippen LogP contribution in [0.2, 0.25) is 5.02 Å². The van der Waals surface area contributed by atoms with Crippen molar-refractivity contribution >= 4 is 33.0 Å². The van der Waals surface area contributed by atoms with Crippen molar-refractivity contribution in [3.05, 3.63) is 29.3 Å². The summed E-state index contributed by atoms with van der Waals surface area (Å²) in [7, 11) is -3.11. The number of nitrogens with one attached hydrogen (secondary N) is 1. The van der Waals surface area contributed by atoms with Crippen molar-refractivity contribution in [1.29, 1.82) is 0 Å². The van der Waals surface area contributed by atoms with E-state index in [1.807, 2.05) is 0 Å². The normalized spacial score (nSPS) is 29.3. The van der Waals surface area contributed by atoms with Crippen molar-refractivity contribution in [2.24, 2.45) is 0 Å². The van der Waals surface area contributed by atoms with Gasteiger partial charge in [-0.3, -0.25) is 4.79 Å². The minimum atomic E-state index is -3.11. The van der Waals surface area contributed by atoms with E-state index in [0.717, 1.165) is 0 Å². The summed E-state index contributed by atoms with van der Waals surface area (Å²) in [6.07, 6.45) is 0. The Morgan fingerprint density at radius 1 is 1.26 bits per heavy atom. The third kappa shape index (κ3) is 2.24. The highest BCUT2D eigenvalue weighted by molar-refractivity contribution is 7.91. The fourth-order valence-electron chi connectivity index (χ4n) is 2.73. The molecule has 0 aromatic heterocycles. The summed E-state index contributed by atoms with van der Waals surface area (Å²) in [5.41, 5.74) is 0.586. The van der Waals surface area contributed by atoms with E-state index >= 15 is 0 Å². The first-order valence-corrected chi connectivity index (χ1v) is 8.18. The smallest absolute Gasteiger partial charge is 0.241 e. The van der Waals surface area contributed by atoms with E-state index in [4.69, 9.17) is 11.6 Å². The van der Waals surface area contributed by atoms with E-state index in [2.05, 4.69) is 5.32 Å². The van der Waals surface area contributed by atoms with Gasteiger partial charge in [-0.25, -0.2) is 8.42 Å². The molecule has 0 aliphatic carbocycles. The monoisotopic (exact) mass is 300 g/mol. The number of rotatable bonds is 1. The van der Waals surface area contributed by atoms with Gasteiger partial charge in [0.05, 0.1) is 34.8 Å². The van der Waals surface area contributed by atoms with Crippen LogP contribution in [0.5, 0.6) is 0 Å². The highest BCUT2D eigenvalue weighted by atomic mass is 35.5. The molecule has 2 aliphatic rings. The molecule has 2 fully saturated rings. The number of hydrogen-bond acceptors (Lipinski definition) is 4. The summed E-state index contributed by atoms with van der Waals surface area (Å²) in [5, 5.41) is 3.45. The van der Waals surface area contributed by atoms with Gasteiger partial charge in [0.25, 0.3) is 0 Å². The SMILES string of the molecule is O=C1CNC2CS(=O)(=O)CC2N1c1ccccc1Cl. The van der Waals surface area contributed by atoms with Crippen LogP contribution >= 0.6 is 11.6 Å². The van der Waals surface area contributed by atoms with E-state index in [0.29, 0.717) is 10.7 Å². The Morgan fingerprint density at radius 2 is 2.00 bits per heavy atom. The maximum absolute atomic E-state index is 12.1. The summed E-state index contributed by atoms with van der Waals surface area (Å²) >= 11 is 6.12. The van der Waals surface area contributed by atoms with Crippen molar-refractivity contribution in [3.8, 4) is 0 Å². The zero-order valence-corrected chi connectivity index (χ0v) is 11.6. The summed E-state index contributed by atoms with van der Waals surface area (Å²) in [4.78, 5) is 13.6. The molecular weight excluding hydrogens is 288 g/mol. The predicted octanol–water partition coefficient (Wildman–Crippen LogP) is 0.442. The molecule has 2 unspecified atom stereocenters. The molecule has 2 atom stereocenters. The van der Waals surface area contributed by atoms with Crippen molar-refractivity contribution in [3.63, 3.8) is 0 Å². The van der Waals surface area contributed by atoms with E-state index in [9.17, 15) is 13.2 Å². The van der Waals surface area contributed by atoms with Crippen LogP contribution in [0.4, 0.5) is 5.69 Å². The number of halogens is 1. The number of carbonyl (C=O) groups is 1. The van der Waals surface area contributed by atoms with Crippen LogP contribution in [0.3, 0.4) is 0 Å². The molecule has 102 valence electrons. The number of anilines is 1. The third-order valence-electron chi connectivity index (χ3n) is 3.55. The lowest BCUT2D eigenvalue weighted by Gasteiger charge is -2.37. The van der Waals surface area contributed by atoms with E-state index < -0.39 is 9.84 Å². The predicted molar refractivity (Wildman–Crippen MR) is 73.2 cm³/mol. The number of piperazine rings is 1. The zero-order chi connectivity index (χ0) is 13.6. The van der Waals surface area contributed by atoms with Crippen molar-refractivity contribution in [2.45, 2.75) is 12.1 Å². The van der Waals surface area contributed by atoms with Gasteiger partial charge >= 0.3 is 0 Å². The first-order chi connectivity index (χ1) is 8.98. The standard InChI is InChI=1S/C12H13ClN2O3S/c13-8-3-1-2-4-10(8)15-11-7-19(17,18)6-9(11)14-5-12(15)16/h1-4,9,11,14H,5-7H2. The quantitative estimate of drug-likeness (QED) is 0.817. The molecule has 1 N–H and O–H groups in total. The molecule has 2 saturated heterocycles. The number of benzene rings is 1. The number of hydrogen-bond donors (Lipinski definition) is 1. The molecule has 1 amide bonds. The van der Waals surface area contributed by atoms with Gasteiger partial charge in [0.15, 0.2) is 9.84 Å². The van der Waals surface area contributed by atoms with E-state index in [-0.39, 0.29) is 36.0 Å². The largest absolute Gasteiger partial charge is 0.304 e. The maximum Gasteiger partial charge on any atom is 0.241 e. The highest BCUT2D eigenvalue weighted by Crippen LogP contribution is 2.32. The summed E-state index contributed by atoms with van der Waals surface area (Å²) in [6, 6.07) is 6.43. The number of amides is 1. The minimum absolute atomic E-state index is 0.0123. The molecular formula is C12H13ClN2O3S.